The smallest absolute Gasteiger partial charge is 0.124 e. The highest BCUT2D eigenvalue weighted by molar-refractivity contribution is 5.45. The van der Waals surface area contributed by atoms with Crippen LogP contribution in [0.5, 0.6) is 5.75 Å². The number of aryl methyl sites for hydroxylation is 2. The summed E-state index contributed by atoms with van der Waals surface area (Å²) in [6.07, 6.45) is 0.592. The molecule has 0 aromatic heterocycles. The van der Waals surface area contributed by atoms with Crippen LogP contribution in [0.1, 0.15) is 28.3 Å². The molecule has 0 aliphatic rings. The lowest BCUT2D eigenvalue weighted by molar-refractivity contribution is 0.398. The largest absolute Gasteiger partial charge is 0.496 e. The molecule has 0 heterocycles. The van der Waals surface area contributed by atoms with Crippen molar-refractivity contribution in [2.24, 2.45) is 5.84 Å². The molecule has 21 heavy (non-hydrogen) atoms. The number of hydrogen-bond donors (Lipinski definition) is 2. The van der Waals surface area contributed by atoms with Crippen molar-refractivity contribution in [2.45, 2.75) is 26.3 Å². The maximum Gasteiger partial charge on any atom is 0.124 e. The van der Waals surface area contributed by atoms with Gasteiger partial charge in [-0.25, -0.2) is 4.39 Å². The average molecular weight is 288 g/mol. The first-order valence-corrected chi connectivity index (χ1v) is 6.91. The monoisotopic (exact) mass is 288 g/mol. The number of benzene rings is 2. The van der Waals surface area contributed by atoms with Gasteiger partial charge in [0.05, 0.1) is 13.2 Å². The molecule has 1 unspecified atom stereocenters. The number of halogens is 1. The lowest BCUT2D eigenvalue weighted by Crippen LogP contribution is -2.30. The minimum atomic E-state index is -0.240. The van der Waals surface area contributed by atoms with E-state index in [1.165, 1.54) is 12.1 Å². The molecule has 0 saturated carbocycles. The molecular weight excluding hydrogens is 267 g/mol. The van der Waals surface area contributed by atoms with Crippen molar-refractivity contribution in [3.63, 3.8) is 0 Å². The molecule has 112 valence electrons. The van der Waals surface area contributed by atoms with Gasteiger partial charge in [-0.1, -0.05) is 18.2 Å². The van der Waals surface area contributed by atoms with Crippen molar-refractivity contribution in [2.75, 3.05) is 7.11 Å². The van der Waals surface area contributed by atoms with Crippen LogP contribution in [-0.4, -0.2) is 7.11 Å². The molecule has 3 nitrogen and oxygen atoms in total. The van der Waals surface area contributed by atoms with E-state index in [1.807, 2.05) is 26.0 Å². The highest BCUT2D eigenvalue weighted by atomic mass is 19.1. The van der Waals surface area contributed by atoms with E-state index in [2.05, 4.69) is 11.5 Å². The Morgan fingerprint density at radius 1 is 1.24 bits per heavy atom. The summed E-state index contributed by atoms with van der Waals surface area (Å²) in [5.41, 5.74) is 6.95. The third-order valence-electron chi connectivity index (χ3n) is 3.59. The molecule has 0 aliphatic carbocycles. The number of methoxy groups -OCH3 is 1. The first kappa shape index (κ1) is 15.5. The highest BCUT2D eigenvalue weighted by Gasteiger charge is 2.18. The molecule has 3 N–H and O–H groups in total. The number of hydrogen-bond acceptors (Lipinski definition) is 3. The van der Waals surface area contributed by atoms with Crippen LogP contribution in [-0.2, 0) is 6.42 Å². The maximum atomic E-state index is 13.3. The molecule has 2 aromatic rings. The number of rotatable bonds is 5. The summed E-state index contributed by atoms with van der Waals surface area (Å²) < 4.78 is 18.8. The lowest BCUT2D eigenvalue weighted by atomic mass is 9.93. The van der Waals surface area contributed by atoms with E-state index >= 15 is 0 Å². The van der Waals surface area contributed by atoms with Crippen LogP contribution in [0.25, 0.3) is 0 Å². The second-order valence-corrected chi connectivity index (χ2v) is 5.25. The van der Waals surface area contributed by atoms with E-state index in [0.717, 1.165) is 28.0 Å². The van der Waals surface area contributed by atoms with Gasteiger partial charge in [-0.05, 0) is 55.2 Å². The lowest BCUT2D eigenvalue weighted by Gasteiger charge is -2.22. The number of ether oxygens (including phenoxy) is 1. The minimum Gasteiger partial charge on any atom is -0.496 e. The molecule has 4 heteroatoms. The normalized spacial score (nSPS) is 12.2. The number of nitrogens with two attached hydrogens (primary N) is 1. The van der Waals surface area contributed by atoms with Gasteiger partial charge in [-0.2, -0.15) is 0 Å². The van der Waals surface area contributed by atoms with Crippen molar-refractivity contribution >= 4 is 0 Å². The van der Waals surface area contributed by atoms with E-state index in [-0.39, 0.29) is 11.9 Å². The zero-order valence-corrected chi connectivity index (χ0v) is 12.6. The summed E-state index contributed by atoms with van der Waals surface area (Å²) in [5, 5.41) is 0. The topological polar surface area (TPSA) is 47.3 Å². The summed E-state index contributed by atoms with van der Waals surface area (Å²) in [6.45, 7) is 4.05. The minimum absolute atomic E-state index is 0.137. The van der Waals surface area contributed by atoms with E-state index < -0.39 is 0 Å². The van der Waals surface area contributed by atoms with Crippen LogP contribution >= 0.6 is 0 Å². The summed E-state index contributed by atoms with van der Waals surface area (Å²) >= 11 is 0. The zero-order chi connectivity index (χ0) is 15.4. The summed E-state index contributed by atoms with van der Waals surface area (Å²) in [4.78, 5) is 0. The van der Waals surface area contributed by atoms with Crippen molar-refractivity contribution in [3.8, 4) is 5.75 Å². The quantitative estimate of drug-likeness (QED) is 0.656. The Balaban J connectivity index is 2.37. The van der Waals surface area contributed by atoms with Gasteiger partial charge in [0.25, 0.3) is 0 Å². The molecule has 0 saturated heterocycles. The van der Waals surface area contributed by atoms with Crippen molar-refractivity contribution in [3.05, 3.63) is 64.5 Å². The SMILES string of the molecule is COc1cc(C)cc(C)c1C(Cc1cccc(F)c1)NN. The number of nitrogens with one attached hydrogen (secondary N) is 1. The van der Waals surface area contributed by atoms with Crippen LogP contribution < -0.4 is 16.0 Å². The highest BCUT2D eigenvalue weighted by Crippen LogP contribution is 2.31. The Morgan fingerprint density at radius 2 is 2.00 bits per heavy atom. The second-order valence-electron chi connectivity index (χ2n) is 5.25. The van der Waals surface area contributed by atoms with Crippen LogP contribution in [0.2, 0.25) is 0 Å². The fourth-order valence-corrected chi connectivity index (χ4v) is 2.70. The van der Waals surface area contributed by atoms with Gasteiger partial charge in [0.1, 0.15) is 11.6 Å². The van der Waals surface area contributed by atoms with Gasteiger partial charge in [0, 0.05) is 5.56 Å². The molecule has 0 amide bonds. The summed E-state index contributed by atoms with van der Waals surface area (Å²) in [6, 6.07) is 10.5. The molecule has 2 rings (SSSR count). The first-order chi connectivity index (χ1) is 10.0. The van der Waals surface area contributed by atoms with Crippen molar-refractivity contribution < 1.29 is 9.13 Å². The molecule has 0 radical (unpaired) electrons. The van der Waals surface area contributed by atoms with Crippen molar-refractivity contribution in [1.29, 1.82) is 0 Å². The molecule has 0 bridgehead atoms. The predicted molar refractivity (Wildman–Crippen MR) is 82.6 cm³/mol. The third-order valence-corrected chi connectivity index (χ3v) is 3.59. The zero-order valence-electron chi connectivity index (χ0n) is 12.6. The van der Waals surface area contributed by atoms with Crippen LogP contribution in [0.4, 0.5) is 4.39 Å². The standard InChI is InChI=1S/C17H21FN2O/c1-11-7-12(2)17(16(8-11)21-3)15(20-19)10-13-5-4-6-14(18)9-13/h4-9,15,20H,10,19H2,1-3H3. The predicted octanol–water partition coefficient (Wildman–Crippen LogP) is 3.20. The van der Waals surface area contributed by atoms with Gasteiger partial charge >= 0.3 is 0 Å². The fraction of sp³-hybridized carbons (Fsp3) is 0.294. The fourth-order valence-electron chi connectivity index (χ4n) is 2.70. The van der Waals surface area contributed by atoms with Crippen LogP contribution in [0.3, 0.4) is 0 Å². The van der Waals surface area contributed by atoms with Gasteiger partial charge < -0.3 is 4.74 Å². The van der Waals surface area contributed by atoms with Gasteiger partial charge in [-0.3, -0.25) is 11.3 Å². The van der Waals surface area contributed by atoms with E-state index in [9.17, 15) is 4.39 Å². The van der Waals surface area contributed by atoms with E-state index in [1.54, 1.807) is 13.2 Å². The first-order valence-electron chi connectivity index (χ1n) is 6.91. The molecule has 0 spiro atoms. The Morgan fingerprint density at radius 3 is 2.62 bits per heavy atom. The average Bonchev–Trinajstić information content (AvgIpc) is 2.44. The Kier molecular flexibility index (Phi) is 4.94. The Labute approximate surface area is 124 Å². The van der Waals surface area contributed by atoms with Crippen molar-refractivity contribution in [1.82, 2.24) is 5.43 Å². The Hall–Kier alpha value is -1.91. The third kappa shape index (κ3) is 3.60. The van der Waals surface area contributed by atoms with Gasteiger partial charge in [0.15, 0.2) is 0 Å². The maximum absolute atomic E-state index is 13.3. The second kappa shape index (κ2) is 6.70. The van der Waals surface area contributed by atoms with E-state index in [4.69, 9.17) is 10.6 Å². The molecular formula is C17H21FN2O. The van der Waals surface area contributed by atoms with Gasteiger partial charge in [-0.15, -0.1) is 0 Å². The van der Waals surface area contributed by atoms with Crippen LogP contribution in [0.15, 0.2) is 36.4 Å². The number of hydrazine groups is 1. The molecule has 0 fully saturated rings. The molecule has 0 aliphatic heterocycles. The van der Waals surface area contributed by atoms with E-state index in [0.29, 0.717) is 6.42 Å². The summed E-state index contributed by atoms with van der Waals surface area (Å²) in [5.74, 6) is 6.28. The van der Waals surface area contributed by atoms with Crippen LogP contribution in [0, 0.1) is 19.7 Å². The summed E-state index contributed by atoms with van der Waals surface area (Å²) in [7, 11) is 1.65. The molecule has 1 atom stereocenters. The van der Waals surface area contributed by atoms with Gasteiger partial charge in [0.2, 0.25) is 0 Å². The Bertz CT molecular complexity index is 628. The molecule has 2 aromatic carbocycles.